The van der Waals surface area contributed by atoms with Crippen molar-refractivity contribution in [1.82, 2.24) is 35.1 Å². The molecule has 0 saturated carbocycles. The molecule has 6 aromatic rings. The molecule has 5 heterocycles. The van der Waals surface area contributed by atoms with Gasteiger partial charge in [0.15, 0.2) is 11.5 Å². The molecule has 0 aliphatic rings. The Balaban J connectivity index is 1.43. The van der Waals surface area contributed by atoms with Crippen LogP contribution in [-0.4, -0.2) is 55.5 Å². The number of fused-ring (bicyclic) bond motifs is 2. The molecule has 0 radical (unpaired) electrons. The van der Waals surface area contributed by atoms with E-state index < -0.39 is 15.7 Å². The summed E-state index contributed by atoms with van der Waals surface area (Å²) in [5.74, 6) is -0.0255. The van der Waals surface area contributed by atoms with Crippen molar-refractivity contribution >= 4 is 37.6 Å². The van der Waals surface area contributed by atoms with Gasteiger partial charge < -0.3 is 10.7 Å². The number of aryl methyl sites for hydroxylation is 1. The third-order valence-corrected chi connectivity index (χ3v) is 7.11. The van der Waals surface area contributed by atoms with Crippen molar-refractivity contribution in [3.05, 3.63) is 72.7 Å². The number of aromatic amines is 2. The van der Waals surface area contributed by atoms with Crippen LogP contribution in [0.25, 0.3) is 55.8 Å². The normalized spacial score (nSPS) is 11.9. The Kier molecular flexibility index (Phi) is 5.60. The Morgan fingerprint density at radius 3 is 2.58 bits per heavy atom. The number of anilines is 1. The van der Waals surface area contributed by atoms with Crippen LogP contribution in [0, 0.1) is 5.82 Å². The number of nitrogens with one attached hydrogen (secondary N) is 2. The first-order chi connectivity index (χ1) is 18.2. The number of H-pyrrole nitrogens is 2. The van der Waals surface area contributed by atoms with Crippen LogP contribution in [0.5, 0.6) is 0 Å². The maximum absolute atomic E-state index is 14.5. The van der Waals surface area contributed by atoms with Crippen molar-refractivity contribution in [2.45, 2.75) is 6.42 Å². The second-order valence-corrected chi connectivity index (χ2v) is 11.4. The minimum atomic E-state index is -3.19. The number of nitrogens with two attached hydrogens (primary N) is 1. The molecule has 0 bridgehead atoms. The number of nitrogens with zero attached hydrogens (tertiary/aromatic N) is 5. The minimum absolute atomic E-state index is 0.0700. The molecule has 0 spiro atoms. The molecular formula is C26H21FN8O2S. The van der Waals surface area contributed by atoms with Gasteiger partial charge in [0, 0.05) is 47.7 Å². The molecule has 0 unspecified atom stereocenters. The summed E-state index contributed by atoms with van der Waals surface area (Å²) in [6.45, 7) is 0. The average molecular weight is 529 g/mol. The number of rotatable bonds is 6. The highest BCUT2D eigenvalue weighted by Gasteiger charge is 2.17. The molecule has 0 atom stereocenters. The molecule has 5 aromatic heterocycles. The summed E-state index contributed by atoms with van der Waals surface area (Å²) in [5.41, 5.74) is 12.2. The number of hydrogen-bond donors (Lipinski definition) is 3. The molecule has 0 fully saturated rings. The lowest BCUT2D eigenvalue weighted by atomic mass is 10.0. The molecule has 0 aliphatic carbocycles. The Morgan fingerprint density at radius 2 is 1.76 bits per heavy atom. The highest BCUT2D eigenvalue weighted by Crippen LogP contribution is 2.33. The summed E-state index contributed by atoms with van der Waals surface area (Å²) in [6, 6.07) is 8.24. The van der Waals surface area contributed by atoms with E-state index in [2.05, 4.69) is 30.1 Å². The Bertz CT molecular complexity index is 1950. The number of aromatic nitrogens is 7. The van der Waals surface area contributed by atoms with Crippen molar-refractivity contribution < 1.29 is 12.8 Å². The summed E-state index contributed by atoms with van der Waals surface area (Å²) in [4.78, 5) is 21.0. The third kappa shape index (κ3) is 4.57. The van der Waals surface area contributed by atoms with Crippen molar-refractivity contribution in [1.29, 1.82) is 0 Å². The molecule has 0 saturated heterocycles. The van der Waals surface area contributed by atoms with Gasteiger partial charge in [-0.05, 0) is 41.8 Å². The lowest BCUT2D eigenvalue weighted by molar-refractivity contribution is 0.600. The van der Waals surface area contributed by atoms with E-state index in [1.165, 1.54) is 12.1 Å². The fourth-order valence-corrected chi connectivity index (χ4v) is 4.98. The van der Waals surface area contributed by atoms with Crippen LogP contribution in [0.4, 0.5) is 10.1 Å². The number of nitrogen functional groups attached to an aromatic ring is 1. The van der Waals surface area contributed by atoms with Gasteiger partial charge in [0.1, 0.15) is 21.3 Å². The first-order valence-corrected chi connectivity index (χ1v) is 13.7. The van der Waals surface area contributed by atoms with E-state index in [4.69, 9.17) is 10.7 Å². The number of sulfone groups is 1. The van der Waals surface area contributed by atoms with E-state index in [1.807, 2.05) is 12.1 Å². The van der Waals surface area contributed by atoms with Crippen LogP contribution >= 0.6 is 0 Å². The summed E-state index contributed by atoms with van der Waals surface area (Å²) in [7, 11) is -3.19. The van der Waals surface area contributed by atoms with Crippen molar-refractivity contribution in [3.63, 3.8) is 0 Å². The van der Waals surface area contributed by atoms with Gasteiger partial charge in [-0.3, -0.25) is 15.1 Å². The molecule has 0 amide bonds. The SMILES string of the molecule is CS(=O)(=O)CCc1cc(F)cc(-c2cncc3[nH]c(-c4[nH]nc5ncc(-c6cncc(N)c6)cc45)nc23)c1. The fraction of sp³-hybridized carbons (Fsp3) is 0.115. The van der Waals surface area contributed by atoms with Gasteiger partial charge in [-0.2, -0.15) is 5.10 Å². The number of benzene rings is 1. The van der Waals surface area contributed by atoms with E-state index in [-0.39, 0.29) is 12.2 Å². The van der Waals surface area contributed by atoms with Crippen LogP contribution in [0.2, 0.25) is 0 Å². The number of pyridine rings is 3. The maximum atomic E-state index is 14.5. The average Bonchev–Trinajstić information content (AvgIpc) is 3.50. The van der Waals surface area contributed by atoms with Crippen molar-refractivity contribution in [3.8, 4) is 33.8 Å². The third-order valence-electron chi connectivity index (χ3n) is 6.16. The zero-order valence-electron chi connectivity index (χ0n) is 20.1. The Morgan fingerprint density at radius 1 is 0.947 bits per heavy atom. The van der Waals surface area contributed by atoms with Crippen LogP contribution < -0.4 is 5.73 Å². The van der Waals surface area contributed by atoms with E-state index in [9.17, 15) is 12.8 Å². The molecule has 1 aromatic carbocycles. The van der Waals surface area contributed by atoms with Crippen LogP contribution in [0.3, 0.4) is 0 Å². The van der Waals surface area contributed by atoms with Gasteiger partial charge in [0.05, 0.1) is 34.1 Å². The van der Waals surface area contributed by atoms with E-state index in [0.717, 1.165) is 22.8 Å². The smallest absolute Gasteiger partial charge is 0.181 e. The molecule has 38 heavy (non-hydrogen) atoms. The summed E-state index contributed by atoms with van der Waals surface area (Å²) in [5, 5.41) is 8.06. The van der Waals surface area contributed by atoms with Gasteiger partial charge in [-0.1, -0.05) is 6.07 Å². The van der Waals surface area contributed by atoms with Crippen LogP contribution in [0.1, 0.15) is 5.56 Å². The lowest BCUT2D eigenvalue weighted by Crippen LogP contribution is -2.06. The first kappa shape index (κ1) is 23.7. The molecular weight excluding hydrogens is 507 g/mol. The summed E-state index contributed by atoms with van der Waals surface area (Å²) < 4.78 is 37.7. The van der Waals surface area contributed by atoms with E-state index >= 15 is 0 Å². The molecule has 4 N–H and O–H groups in total. The van der Waals surface area contributed by atoms with Gasteiger partial charge in [0.2, 0.25) is 0 Å². The monoisotopic (exact) mass is 528 g/mol. The number of halogens is 1. The Hall–Kier alpha value is -4.71. The fourth-order valence-electron chi connectivity index (χ4n) is 4.37. The largest absolute Gasteiger partial charge is 0.397 e. The first-order valence-electron chi connectivity index (χ1n) is 11.6. The zero-order chi connectivity index (χ0) is 26.4. The number of imidazole rings is 1. The second-order valence-electron chi connectivity index (χ2n) is 9.10. The standard InChI is InChI=1S/C26H21FN8O2S/c1-38(36,37)3-2-14-4-15(6-18(27)5-14)21-12-30-13-22-23(21)33-26(32-22)24-20-8-17(10-31-25(20)35-34-24)16-7-19(28)11-29-9-16/h4-13H,2-3,28H2,1H3,(H,32,33)(H,31,34,35). The maximum Gasteiger partial charge on any atom is 0.181 e. The predicted molar refractivity (Wildman–Crippen MR) is 143 cm³/mol. The second kappa shape index (κ2) is 8.99. The molecule has 190 valence electrons. The summed E-state index contributed by atoms with van der Waals surface area (Å²) >= 11 is 0. The van der Waals surface area contributed by atoms with Gasteiger partial charge >= 0.3 is 0 Å². The quantitative estimate of drug-likeness (QED) is 0.293. The van der Waals surface area contributed by atoms with E-state index in [0.29, 0.717) is 50.6 Å². The Labute approximate surface area is 216 Å². The molecule has 6 rings (SSSR count). The number of hydrogen-bond acceptors (Lipinski definition) is 8. The van der Waals surface area contributed by atoms with Crippen molar-refractivity contribution in [2.75, 3.05) is 17.7 Å². The molecule has 10 nitrogen and oxygen atoms in total. The zero-order valence-corrected chi connectivity index (χ0v) is 20.9. The van der Waals surface area contributed by atoms with Gasteiger partial charge in [-0.15, -0.1) is 0 Å². The summed E-state index contributed by atoms with van der Waals surface area (Å²) in [6.07, 6.45) is 9.60. The van der Waals surface area contributed by atoms with Crippen LogP contribution in [0.15, 0.2) is 61.3 Å². The highest BCUT2D eigenvalue weighted by atomic mass is 32.2. The van der Waals surface area contributed by atoms with Gasteiger partial charge in [-0.25, -0.2) is 22.8 Å². The minimum Gasteiger partial charge on any atom is -0.397 e. The topological polar surface area (TPSA) is 156 Å². The lowest BCUT2D eigenvalue weighted by Gasteiger charge is -2.07. The van der Waals surface area contributed by atoms with Crippen LogP contribution in [-0.2, 0) is 16.3 Å². The predicted octanol–water partition coefficient (Wildman–Crippen LogP) is 3.93. The molecule has 12 heteroatoms. The van der Waals surface area contributed by atoms with E-state index in [1.54, 1.807) is 37.1 Å². The molecule has 0 aliphatic heterocycles. The van der Waals surface area contributed by atoms with Crippen molar-refractivity contribution in [2.24, 2.45) is 0 Å². The highest BCUT2D eigenvalue weighted by molar-refractivity contribution is 7.90. The van der Waals surface area contributed by atoms with Gasteiger partial charge in [0.25, 0.3) is 0 Å².